The summed E-state index contributed by atoms with van der Waals surface area (Å²) in [5, 5.41) is 21.0. The molecule has 3 amide bonds. The van der Waals surface area contributed by atoms with E-state index < -0.39 is 23.4 Å². The lowest BCUT2D eigenvalue weighted by Gasteiger charge is -2.32. The van der Waals surface area contributed by atoms with Gasteiger partial charge in [-0.3, -0.25) is 14.4 Å². The van der Waals surface area contributed by atoms with Crippen LogP contribution in [0.2, 0.25) is 0 Å². The Balaban J connectivity index is 1.43. The summed E-state index contributed by atoms with van der Waals surface area (Å²) in [5.41, 5.74) is 0.397. The second-order valence-electron chi connectivity index (χ2n) is 11.2. The molecule has 1 aromatic carbocycles. The average molecular weight is 490 g/mol. The average Bonchev–Trinajstić information content (AvgIpc) is 3.27. The highest BCUT2D eigenvalue weighted by Gasteiger charge is 2.57. The van der Waals surface area contributed by atoms with E-state index in [1.54, 1.807) is 17.9 Å². The van der Waals surface area contributed by atoms with Gasteiger partial charge >= 0.3 is 0 Å². The highest BCUT2D eigenvalue weighted by Crippen LogP contribution is 2.47. The van der Waals surface area contributed by atoms with Gasteiger partial charge < -0.3 is 15.1 Å². The van der Waals surface area contributed by atoms with E-state index in [1.807, 2.05) is 45.0 Å². The molecule has 1 saturated carbocycles. The van der Waals surface area contributed by atoms with Crippen molar-refractivity contribution < 1.29 is 14.4 Å². The van der Waals surface area contributed by atoms with Gasteiger partial charge in [0, 0.05) is 25.7 Å². The Morgan fingerprint density at radius 1 is 1.31 bits per heavy atom. The second-order valence-corrected chi connectivity index (χ2v) is 11.2. The number of anilines is 1. The summed E-state index contributed by atoms with van der Waals surface area (Å²) in [7, 11) is 1.61. The molecule has 10 nitrogen and oxygen atoms in total. The second kappa shape index (κ2) is 8.43. The zero-order valence-electron chi connectivity index (χ0n) is 21.1. The molecule has 1 unspecified atom stereocenters. The first kappa shape index (κ1) is 24.0. The number of benzene rings is 1. The van der Waals surface area contributed by atoms with Crippen molar-refractivity contribution >= 4 is 23.4 Å². The molecule has 1 saturated heterocycles. The van der Waals surface area contributed by atoms with Crippen molar-refractivity contribution in [1.29, 1.82) is 5.26 Å². The van der Waals surface area contributed by atoms with Crippen LogP contribution < -0.4 is 5.32 Å². The molecular weight excluding hydrogens is 458 g/mol. The first-order valence-electron chi connectivity index (χ1n) is 12.4. The molecule has 3 aliphatic rings. The van der Waals surface area contributed by atoms with Crippen LogP contribution in [0, 0.1) is 17.2 Å². The largest absolute Gasteiger partial charge is 0.328 e. The topological polar surface area (TPSA) is 124 Å². The number of hydrogen-bond donors (Lipinski definition) is 1. The van der Waals surface area contributed by atoms with Crippen LogP contribution in [-0.2, 0) is 20.5 Å². The summed E-state index contributed by atoms with van der Waals surface area (Å²) >= 11 is 0. The summed E-state index contributed by atoms with van der Waals surface area (Å²) in [6.45, 7) is 5.99. The van der Waals surface area contributed by atoms with Gasteiger partial charge in [0.1, 0.15) is 12.1 Å². The van der Waals surface area contributed by atoms with E-state index in [2.05, 4.69) is 21.7 Å². The van der Waals surface area contributed by atoms with Crippen molar-refractivity contribution in [3.8, 4) is 6.07 Å². The van der Waals surface area contributed by atoms with Gasteiger partial charge in [0.15, 0.2) is 5.69 Å². The lowest BCUT2D eigenvalue weighted by Crippen LogP contribution is -2.51. The van der Waals surface area contributed by atoms with E-state index in [0.717, 1.165) is 24.1 Å². The minimum Gasteiger partial charge on any atom is -0.328 e. The molecule has 188 valence electrons. The Morgan fingerprint density at radius 3 is 2.67 bits per heavy atom. The van der Waals surface area contributed by atoms with Crippen LogP contribution in [0.15, 0.2) is 30.5 Å². The number of likely N-dealkylation sites (tertiary alicyclic amines) is 1. The van der Waals surface area contributed by atoms with Gasteiger partial charge in [-0.05, 0) is 44.7 Å². The number of carbonyl (C=O) groups is 3. The molecule has 0 bridgehead atoms. The number of hydrogen-bond acceptors (Lipinski definition) is 6. The van der Waals surface area contributed by atoms with Gasteiger partial charge in [-0.2, -0.15) is 5.26 Å². The maximum Gasteiger partial charge on any atom is 0.276 e. The van der Waals surface area contributed by atoms with Gasteiger partial charge in [-0.15, -0.1) is 5.10 Å². The molecular formula is C26H31N7O3. The number of nitrogens with one attached hydrogen (secondary N) is 1. The monoisotopic (exact) mass is 489 g/mol. The van der Waals surface area contributed by atoms with Crippen molar-refractivity contribution in [2.24, 2.45) is 5.92 Å². The number of aromatic nitrogens is 3. The van der Waals surface area contributed by atoms with Crippen LogP contribution in [0.5, 0.6) is 0 Å². The third-order valence-corrected chi connectivity index (χ3v) is 7.64. The molecule has 1 spiro atoms. The summed E-state index contributed by atoms with van der Waals surface area (Å²) in [5.74, 6) is -0.536. The molecule has 1 aliphatic carbocycles. The predicted octanol–water partition coefficient (Wildman–Crippen LogP) is 2.29. The zero-order valence-corrected chi connectivity index (χ0v) is 21.1. The van der Waals surface area contributed by atoms with Crippen LogP contribution in [0.4, 0.5) is 5.69 Å². The fourth-order valence-corrected chi connectivity index (χ4v) is 5.28. The number of likely N-dealkylation sites (N-methyl/N-ethyl adjacent to an activating group) is 1. The highest BCUT2D eigenvalue weighted by molar-refractivity contribution is 6.07. The Morgan fingerprint density at radius 2 is 2.03 bits per heavy atom. The van der Waals surface area contributed by atoms with Crippen molar-refractivity contribution in [2.75, 3.05) is 18.9 Å². The van der Waals surface area contributed by atoms with E-state index in [4.69, 9.17) is 0 Å². The van der Waals surface area contributed by atoms with E-state index in [0.29, 0.717) is 12.3 Å². The summed E-state index contributed by atoms with van der Waals surface area (Å²) in [6.07, 6.45) is 4.35. The molecule has 1 aromatic heterocycles. The minimum atomic E-state index is -0.964. The van der Waals surface area contributed by atoms with Crippen LogP contribution in [0.3, 0.4) is 0 Å². The van der Waals surface area contributed by atoms with Gasteiger partial charge in [0.2, 0.25) is 11.8 Å². The zero-order chi connectivity index (χ0) is 25.8. The van der Waals surface area contributed by atoms with Gasteiger partial charge in [0.25, 0.3) is 5.91 Å². The number of amides is 3. The minimum absolute atomic E-state index is 0.107. The smallest absolute Gasteiger partial charge is 0.276 e. The summed E-state index contributed by atoms with van der Waals surface area (Å²) in [6, 6.07) is 8.14. The molecule has 1 N–H and O–H groups in total. The molecule has 3 heterocycles. The van der Waals surface area contributed by atoms with E-state index in [9.17, 15) is 19.6 Å². The lowest BCUT2D eigenvalue weighted by atomic mass is 9.80. The van der Waals surface area contributed by atoms with Gasteiger partial charge in [-0.1, -0.05) is 36.3 Å². The molecule has 2 fully saturated rings. The standard InChI is InChI=1S/C26H31N7O3/c1-25(2,3)33-14-20(29-30-33)22(34)31(4)21(11-16-9-10-16)23(35)32-15-26(12-17(32)13-27)18-7-5-6-8-19(18)28-24(26)36/h5-8,14,16-17,21H,9-12,15H2,1-4H3,(H,28,36)/t17-,21-,26?/m0/s1. The first-order valence-corrected chi connectivity index (χ1v) is 12.4. The number of nitrogens with zero attached hydrogens (tertiary/aromatic N) is 6. The Kier molecular flexibility index (Phi) is 5.62. The summed E-state index contributed by atoms with van der Waals surface area (Å²) < 4.78 is 1.62. The van der Waals surface area contributed by atoms with Crippen LogP contribution in [0.1, 0.15) is 62.5 Å². The predicted molar refractivity (Wildman–Crippen MR) is 131 cm³/mol. The SMILES string of the molecule is CN(C(=O)c1cn(C(C)(C)C)nn1)[C@@H](CC1CC1)C(=O)N1CC2(C[C@H]1C#N)C(=O)Nc1ccccc12. The van der Waals surface area contributed by atoms with Gasteiger partial charge in [0.05, 0.1) is 23.2 Å². The molecule has 0 radical (unpaired) electrons. The Labute approximate surface area is 210 Å². The van der Waals surface area contributed by atoms with E-state index in [1.165, 1.54) is 9.80 Å². The third kappa shape index (κ3) is 3.92. The molecule has 3 atom stereocenters. The fraction of sp³-hybridized carbons (Fsp3) is 0.538. The molecule has 10 heteroatoms. The van der Waals surface area contributed by atoms with Crippen molar-refractivity contribution in [3.63, 3.8) is 0 Å². The van der Waals surface area contributed by atoms with Crippen molar-refractivity contribution in [2.45, 2.75) is 69.5 Å². The normalized spacial score (nSPS) is 23.8. The van der Waals surface area contributed by atoms with Gasteiger partial charge in [-0.25, -0.2) is 4.68 Å². The third-order valence-electron chi connectivity index (χ3n) is 7.64. The fourth-order valence-electron chi connectivity index (χ4n) is 5.28. The van der Waals surface area contributed by atoms with Crippen molar-refractivity contribution in [1.82, 2.24) is 24.8 Å². The molecule has 36 heavy (non-hydrogen) atoms. The van der Waals surface area contributed by atoms with Crippen LogP contribution in [-0.4, -0.2) is 68.2 Å². The maximum atomic E-state index is 14.0. The van der Waals surface area contributed by atoms with Crippen molar-refractivity contribution in [3.05, 3.63) is 41.7 Å². The Hall–Kier alpha value is -3.74. The molecule has 2 aliphatic heterocycles. The summed E-state index contributed by atoms with van der Waals surface area (Å²) in [4.78, 5) is 43.4. The number of nitriles is 1. The Bertz CT molecular complexity index is 1270. The van der Waals surface area contributed by atoms with E-state index in [-0.39, 0.29) is 36.0 Å². The number of fused-ring (bicyclic) bond motifs is 2. The number of rotatable bonds is 5. The number of carbonyl (C=O) groups excluding carboxylic acids is 3. The number of para-hydroxylation sites is 1. The lowest BCUT2D eigenvalue weighted by molar-refractivity contribution is -0.136. The molecule has 5 rings (SSSR count). The maximum absolute atomic E-state index is 14.0. The molecule has 2 aromatic rings. The highest BCUT2D eigenvalue weighted by atomic mass is 16.2. The van der Waals surface area contributed by atoms with Crippen LogP contribution in [0.25, 0.3) is 0 Å². The van der Waals surface area contributed by atoms with Crippen LogP contribution >= 0.6 is 0 Å². The first-order chi connectivity index (χ1) is 17.0. The quantitative estimate of drug-likeness (QED) is 0.687. The van der Waals surface area contributed by atoms with E-state index >= 15 is 0 Å².